The average molecular weight is 428 g/mol. The van der Waals surface area contributed by atoms with Crippen molar-refractivity contribution < 1.29 is 9.47 Å². The maximum atomic E-state index is 6.32. The van der Waals surface area contributed by atoms with Crippen LogP contribution in [0, 0.1) is 0 Å². The van der Waals surface area contributed by atoms with Gasteiger partial charge in [-0.1, -0.05) is 0 Å². The van der Waals surface area contributed by atoms with E-state index in [0.717, 1.165) is 53.4 Å². The third kappa shape index (κ3) is 4.21. The molecule has 32 heavy (non-hydrogen) atoms. The van der Waals surface area contributed by atoms with Gasteiger partial charge in [-0.15, -0.1) is 0 Å². The summed E-state index contributed by atoms with van der Waals surface area (Å²) in [5.41, 5.74) is 3.86. The first kappa shape index (κ1) is 20.9. The van der Waals surface area contributed by atoms with E-state index in [2.05, 4.69) is 21.5 Å². The molecule has 0 atom stereocenters. The number of anilines is 1. The number of hydrogen-bond acceptors (Lipinski definition) is 6. The summed E-state index contributed by atoms with van der Waals surface area (Å²) in [4.78, 5) is 12.9. The zero-order valence-electron chi connectivity index (χ0n) is 19.1. The molecule has 0 amide bonds. The van der Waals surface area contributed by atoms with Crippen molar-refractivity contribution in [2.75, 3.05) is 12.4 Å². The lowest BCUT2D eigenvalue weighted by molar-refractivity contribution is 0.0681. The molecule has 0 radical (unpaired) electrons. The van der Waals surface area contributed by atoms with Crippen LogP contribution >= 0.6 is 0 Å². The number of aromatic nitrogens is 5. The van der Waals surface area contributed by atoms with Crippen LogP contribution in [0.4, 0.5) is 5.95 Å². The monoisotopic (exact) mass is 428 g/mol. The summed E-state index contributed by atoms with van der Waals surface area (Å²) in [5.74, 6) is 1.18. The maximum Gasteiger partial charge on any atom is 0.228 e. The molecule has 4 heterocycles. The first-order valence-electron chi connectivity index (χ1n) is 11.2. The lowest BCUT2D eigenvalue weighted by Gasteiger charge is -2.28. The van der Waals surface area contributed by atoms with Crippen molar-refractivity contribution in [1.29, 1.82) is 0 Å². The molecule has 1 saturated carbocycles. The highest BCUT2D eigenvalue weighted by Gasteiger charge is 2.24. The minimum atomic E-state index is -0.390. The second-order valence-corrected chi connectivity index (χ2v) is 9.46. The average Bonchev–Trinajstić information content (AvgIpc) is 3.39. The Balaban J connectivity index is 1.53. The topological polar surface area (TPSA) is 89.4 Å². The van der Waals surface area contributed by atoms with E-state index >= 15 is 0 Å². The van der Waals surface area contributed by atoms with Gasteiger partial charge in [-0.3, -0.25) is 0 Å². The molecular formula is C21H27B3N6O2. The number of pyridine rings is 1. The number of nitrogens with zero attached hydrogens (tertiary/aromatic N) is 4. The molecular weight excluding hydrogens is 401 g/mol. The Morgan fingerprint density at radius 2 is 1.97 bits per heavy atom. The fourth-order valence-electron chi connectivity index (χ4n) is 4.37. The van der Waals surface area contributed by atoms with E-state index in [1.807, 2.05) is 52.6 Å². The van der Waals surface area contributed by atoms with Gasteiger partial charge in [-0.05, 0) is 49.4 Å². The van der Waals surface area contributed by atoms with Crippen LogP contribution in [-0.2, 0) is 4.74 Å². The maximum absolute atomic E-state index is 6.32. The highest BCUT2D eigenvalue weighted by atomic mass is 16.5. The summed E-state index contributed by atoms with van der Waals surface area (Å²) in [6.45, 7) is 0. The zero-order valence-corrected chi connectivity index (χ0v) is 19.1. The first-order chi connectivity index (χ1) is 15.4. The standard InChI is InChI=1S/C21H27B3N6O2/c1-31-15-4-2-13(3-5-15)27-20-28-18-17(19(29-20)32-21(22,23)24)16(11-25-18)12-7-9-30-14(10-12)6-8-26-30/h6-11,13,15H,2-5,22-24H2,1H3,(H2,25,27,28,29)/t13-,15+. The fourth-order valence-corrected chi connectivity index (χ4v) is 4.37. The van der Waals surface area contributed by atoms with Crippen LogP contribution < -0.4 is 10.1 Å². The molecule has 4 aromatic rings. The van der Waals surface area contributed by atoms with Crippen LogP contribution in [0.2, 0.25) is 0 Å². The SMILES string of the molecule is BC(B)(B)Oc1nc(N[C@H]2CC[C@@H](OC)CC2)nc2[nH]cc(-c3ccn4nccc4c3)c12. The van der Waals surface area contributed by atoms with Crippen molar-refractivity contribution >= 4 is 46.0 Å². The number of nitrogens with one attached hydrogen (secondary N) is 2. The van der Waals surface area contributed by atoms with Gasteiger partial charge >= 0.3 is 0 Å². The third-order valence-electron chi connectivity index (χ3n) is 5.95. The van der Waals surface area contributed by atoms with Crippen LogP contribution in [0.5, 0.6) is 5.88 Å². The van der Waals surface area contributed by atoms with E-state index in [1.165, 1.54) is 0 Å². The number of methoxy groups -OCH3 is 1. The van der Waals surface area contributed by atoms with Crippen molar-refractivity contribution in [2.45, 2.75) is 43.1 Å². The first-order valence-corrected chi connectivity index (χ1v) is 11.2. The molecule has 1 aliphatic rings. The normalized spacial score (nSPS) is 19.4. The van der Waals surface area contributed by atoms with Gasteiger partial charge in [0.25, 0.3) is 0 Å². The molecule has 8 nitrogen and oxygen atoms in total. The summed E-state index contributed by atoms with van der Waals surface area (Å²) in [6.07, 6.45) is 10.3. The van der Waals surface area contributed by atoms with Crippen molar-refractivity contribution in [3.63, 3.8) is 0 Å². The molecule has 1 aliphatic carbocycles. The molecule has 4 aromatic heterocycles. The molecule has 162 valence electrons. The predicted molar refractivity (Wildman–Crippen MR) is 134 cm³/mol. The van der Waals surface area contributed by atoms with Crippen LogP contribution in [0.15, 0.2) is 36.8 Å². The number of hydrogen-bond donors (Lipinski definition) is 2. The zero-order chi connectivity index (χ0) is 22.3. The quantitative estimate of drug-likeness (QED) is 0.436. The Kier molecular flexibility index (Phi) is 5.37. The molecule has 11 heteroatoms. The third-order valence-corrected chi connectivity index (χ3v) is 5.95. The van der Waals surface area contributed by atoms with E-state index in [-0.39, 0.29) is 5.30 Å². The molecule has 0 aromatic carbocycles. The van der Waals surface area contributed by atoms with E-state index in [4.69, 9.17) is 19.4 Å². The second-order valence-electron chi connectivity index (χ2n) is 9.46. The summed E-state index contributed by atoms with van der Waals surface area (Å²) in [7, 11) is 7.89. The lowest BCUT2D eigenvalue weighted by atomic mass is 9.52. The van der Waals surface area contributed by atoms with Gasteiger partial charge < -0.3 is 19.8 Å². The molecule has 0 saturated heterocycles. The Bertz CT molecular complexity index is 1240. The molecule has 0 unspecified atom stereocenters. The van der Waals surface area contributed by atoms with Gasteiger partial charge in [-0.25, -0.2) is 4.52 Å². The smallest absolute Gasteiger partial charge is 0.228 e. The number of H-pyrrole nitrogens is 1. The summed E-state index contributed by atoms with van der Waals surface area (Å²) in [6, 6.07) is 6.47. The lowest BCUT2D eigenvalue weighted by Crippen LogP contribution is -2.38. The number of ether oxygens (including phenoxy) is 2. The summed E-state index contributed by atoms with van der Waals surface area (Å²) in [5, 5.41) is 8.31. The van der Waals surface area contributed by atoms with Gasteiger partial charge in [-0.2, -0.15) is 15.1 Å². The summed E-state index contributed by atoms with van der Waals surface area (Å²) >= 11 is 0. The molecule has 0 bridgehead atoms. The number of fused-ring (bicyclic) bond motifs is 2. The van der Waals surface area contributed by atoms with E-state index in [9.17, 15) is 0 Å². The minimum Gasteiger partial charge on any atom is -0.498 e. The number of rotatable bonds is 6. The van der Waals surface area contributed by atoms with E-state index in [0.29, 0.717) is 24.0 Å². The molecule has 0 aliphatic heterocycles. The molecule has 0 spiro atoms. The predicted octanol–water partition coefficient (Wildman–Crippen LogP) is 0.531. The Labute approximate surface area is 189 Å². The molecule has 2 N–H and O–H groups in total. The van der Waals surface area contributed by atoms with Crippen molar-refractivity contribution in [3.8, 4) is 17.0 Å². The molecule has 5 rings (SSSR count). The van der Waals surface area contributed by atoms with E-state index < -0.39 is 0 Å². The van der Waals surface area contributed by atoms with Crippen LogP contribution in [0.1, 0.15) is 25.7 Å². The fraction of sp³-hybridized carbons (Fsp3) is 0.381. The van der Waals surface area contributed by atoms with Crippen molar-refractivity contribution in [3.05, 3.63) is 36.8 Å². The number of aromatic amines is 1. The summed E-state index contributed by atoms with van der Waals surface area (Å²) < 4.78 is 13.7. The van der Waals surface area contributed by atoms with Gasteiger partial charge in [0.1, 0.15) is 29.2 Å². The van der Waals surface area contributed by atoms with Gasteiger partial charge in [0.05, 0.1) is 17.0 Å². The minimum absolute atomic E-state index is 0.333. The van der Waals surface area contributed by atoms with Crippen molar-refractivity contribution in [1.82, 2.24) is 24.6 Å². The Hall–Kier alpha value is -2.94. The largest absolute Gasteiger partial charge is 0.498 e. The van der Waals surface area contributed by atoms with Gasteiger partial charge in [0.15, 0.2) is 0 Å². The van der Waals surface area contributed by atoms with Gasteiger partial charge in [0, 0.05) is 42.6 Å². The van der Waals surface area contributed by atoms with E-state index in [1.54, 1.807) is 13.3 Å². The van der Waals surface area contributed by atoms with Crippen LogP contribution in [0.3, 0.4) is 0 Å². The Morgan fingerprint density at radius 1 is 1.16 bits per heavy atom. The van der Waals surface area contributed by atoms with Crippen LogP contribution in [0.25, 0.3) is 27.7 Å². The van der Waals surface area contributed by atoms with Gasteiger partial charge in [0.2, 0.25) is 11.8 Å². The molecule has 1 fully saturated rings. The second kappa shape index (κ2) is 8.20. The highest BCUT2D eigenvalue weighted by Crippen LogP contribution is 2.36. The van der Waals surface area contributed by atoms with Crippen LogP contribution in [-0.4, -0.2) is 72.7 Å². The highest BCUT2D eigenvalue weighted by molar-refractivity contribution is 6.58. The Morgan fingerprint density at radius 3 is 2.72 bits per heavy atom. The van der Waals surface area contributed by atoms with Crippen molar-refractivity contribution in [2.24, 2.45) is 0 Å².